The molecule has 2 heterocycles. The molecular weight excluding hydrogens is 240 g/mol. The molecule has 2 aliphatic heterocycles. The van der Waals surface area contributed by atoms with Crippen LogP contribution >= 0.6 is 0 Å². The Morgan fingerprint density at radius 3 is 3.05 bits per heavy atom. The quantitative estimate of drug-likeness (QED) is 0.821. The van der Waals surface area contributed by atoms with Gasteiger partial charge < -0.3 is 15.0 Å². The highest BCUT2D eigenvalue weighted by Gasteiger charge is 2.45. The Kier molecular flexibility index (Phi) is 3.81. The Labute approximate surface area is 115 Å². The van der Waals surface area contributed by atoms with Gasteiger partial charge in [0.1, 0.15) is 0 Å². The number of ether oxygens (including phenoxy) is 1. The molecule has 0 radical (unpaired) electrons. The van der Waals surface area contributed by atoms with Crippen LogP contribution in [0.4, 0.5) is 0 Å². The van der Waals surface area contributed by atoms with E-state index in [-0.39, 0.29) is 18.2 Å². The lowest BCUT2D eigenvalue weighted by molar-refractivity contribution is -0.147. The molecule has 5 atom stereocenters. The van der Waals surface area contributed by atoms with Crippen molar-refractivity contribution < 1.29 is 9.53 Å². The van der Waals surface area contributed by atoms with E-state index in [1.54, 1.807) is 0 Å². The number of hydrogen-bond acceptors (Lipinski definition) is 3. The van der Waals surface area contributed by atoms with Gasteiger partial charge in [-0.1, -0.05) is 13.3 Å². The highest BCUT2D eigenvalue weighted by molar-refractivity contribution is 5.83. The molecule has 1 N–H and O–H groups in total. The number of carbonyl (C=O) groups is 1. The van der Waals surface area contributed by atoms with E-state index >= 15 is 0 Å². The summed E-state index contributed by atoms with van der Waals surface area (Å²) in [6.07, 6.45) is 4.99. The number of fused-ring (bicyclic) bond motifs is 1. The van der Waals surface area contributed by atoms with Crippen molar-refractivity contribution in [3.8, 4) is 0 Å². The SMILES string of the molecule is CCC1COC(C)CN1C(=O)C1NCC2CCCC21. The fourth-order valence-electron chi connectivity index (χ4n) is 4.09. The van der Waals surface area contributed by atoms with Crippen LogP contribution in [0.5, 0.6) is 0 Å². The summed E-state index contributed by atoms with van der Waals surface area (Å²) < 4.78 is 5.70. The molecule has 5 unspecified atom stereocenters. The van der Waals surface area contributed by atoms with Gasteiger partial charge in [-0.25, -0.2) is 0 Å². The van der Waals surface area contributed by atoms with Gasteiger partial charge in [0.05, 0.1) is 24.8 Å². The highest BCUT2D eigenvalue weighted by Crippen LogP contribution is 2.38. The van der Waals surface area contributed by atoms with Crippen molar-refractivity contribution in [1.82, 2.24) is 10.2 Å². The maximum Gasteiger partial charge on any atom is 0.240 e. The second-order valence-corrected chi connectivity index (χ2v) is 6.44. The smallest absolute Gasteiger partial charge is 0.240 e. The van der Waals surface area contributed by atoms with Crippen LogP contribution in [0.25, 0.3) is 0 Å². The van der Waals surface area contributed by atoms with E-state index in [0.29, 0.717) is 18.4 Å². The zero-order chi connectivity index (χ0) is 13.4. The molecule has 0 aromatic carbocycles. The van der Waals surface area contributed by atoms with Crippen LogP contribution in [-0.2, 0) is 9.53 Å². The molecule has 2 saturated heterocycles. The van der Waals surface area contributed by atoms with Crippen LogP contribution in [0.1, 0.15) is 39.5 Å². The second-order valence-electron chi connectivity index (χ2n) is 6.44. The molecule has 3 aliphatic rings. The lowest BCUT2D eigenvalue weighted by Crippen LogP contribution is -2.56. The zero-order valence-corrected chi connectivity index (χ0v) is 12.1. The summed E-state index contributed by atoms with van der Waals surface area (Å²) in [5.41, 5.74) is 0. The maximum absolute atomic E-state index is 12.9. The fraction of sp³-hybridized carbons (Fsp3) is 0.933. The van der Waals surface area contributed by atoms with Gasteiger partial charge >= 0.3 is 0 Å². The van der Waals surface area contributed by atoms with Crippen LogP contribution in [0, 0.1) is 11.8 Å². The summed E-state index contributed by atoms with van der Waals surface area (Å²) >= 11 is 0. The number of carbonyl (C=O) groups excluding carboxylic acids is 1. The summed E-state index contributed by atoms with van der Waals surface area (Å²) in [7, 11) is 0. The molecular formula is C15H26N2O2. The second kappa shape index (κ2) is 5.41. The van der Waals surface area contributed by atoms with Gasteiger partial charge in [-0.2, -0.15) is 0 Å². The van der Waals surface area contributed by atoms with E-state index in [2.05, 4.69) is 24.1 Å². The summed E-state index contributed by atoms with van der Waals surface area (Å²) in [5, 5.41) is 3.48. The molecule has 4 nitrogen and oxygen atoms in total. The molecule has 19 heavy (non-hydrogen) atoms. The Morgan fingerprint density at radius 2 is 2.26 bits per heavy atom. The van der Waals surface area contributed by atoms with Gasteiger partial charge in [0.15, 0.2) is 0 Å². The van der Waals surface area contributed by atoms with Crippen LogP contribution in [-0.4, -0.2) is 48.7 Å². The number of hydrogen-bond donors (Lipinski definition) is 1. The molecule has 4 heteroatoms. The molecule has 108 valence electrons. The van der Waals surface area contributed by atoms with Crippen molar-refractivity contribution in [3.05, 3.63) is 0 Å². The van der Waals surface area contributed by atoms with E-state index < -0.39 is 0 Å². The first-order chi connectivity index (χ1) is 9.20. The van der Waals surface area contributed by atoms with Crippen LogP contribution in [0.3, 0.4) is 0 Å². The van der Waals surface area contributed by atoms with E-state index in [1.165, 1.54) is 19.3 Å². The van der Waals surface area contributed by atoms with Crippen molar-refractivity contribution in [1.29, 1.82) is 0 Å². The van der Waals surface area contributed by atoms with Crippen molar-refractivity contribution in [3.63, 3.8) is 0 Å². The van der Waals surface area contributed by atoms with Crippen LogP contribution < -0.4 is 5.32 Å². The Hall–Kier alpha value is -0.610. The molecule has 1 aliphatic carbocycles. The van der Waals surface area contributed by atoms with Crippen molar-refractivity contribution in [2.45, 2.75) is 57.7 Å². The molecule has 0 bridgehead atoms. The fourth-order valence-corrected chi connectivity index (χ4v) is 4.09. The van der Waals surface area contributed by atoms with E-state index in [9.17, 15) is 4.79 Å². The Morgan fingerprint density at radius 1 is 1.42 bits per heavy atom. The topological polar surface area (TPSA) is 41.6 Å². The Balaban J connectivity index is 1.71. The van der Waals surface area contributed by atoms with Gasteiger partial charge in [0, 0.05) is 6.54 Å². The van der Waals surface area contributed by atoms with E-state index in [4.69, 9.17) is 4.74 Å². The third-order valence-corrected chi connectivity index (χ3v) is 5.23. The van der Waals surface area contributed by atoms with Crippen molar-refractivity contribution in [2.75, 3.05) is 19.7 Å². The number of morpholine rings is 1. The number of amides is 1. The first kappa shape index (κ1) is 13.4. The average Bonchev–Trinajstić information content (AvgIpc) is 3.00. The first-order valence-electron chi connectivity index (χ1n) is 7.86. The number of nitrogens with zero attached hydrogens (tertiary/aromatic N) is 1. The molecule has 3 fully saturated rings. The Bertz CT molecular complexity index is 347. The minimum atomic E-state index is 0.0758. The van der Waals surface area contributed by atoms with Gasteiger partial charge in [0.2, 0.25) is 5.91 Å². The average molecular weight is 266 g/mol. The molecule has 0 spiro atoms. The number of nitrogens with one attached hydrogen (secondary N) is 1. The van der Waals surface area contributed by atoms with E-state index in [0.717, 1.165) is 25.4 Å². The number of rotatable bonds is 2. The lowest BCUT2D eigenvalue weighted by atomic mass is 9.92. The summed E-state index contributed by atoms with van der Waals surface area (Å²) in [5.74, 6) is 1.66. The van der Waals surface area contributed by atoms with Gasteiger partial charge in [0.25, 0.3) is 0 Å². The lowest BCUT2D eigenvalue weighted by Gasteiger charge is -2.40. The third-order valence-electron chi connectivity index (χ3n) is 5.23. The van der Waals surface area contributed by atoms with Crippen molar-refractivity contribution in [2.24, 2.45) is 11.8 Å². The summed E-state index contributed by atoms with van der Waals surface area (Å²) in [6, 6.07) is 0.345. The van der Waals surface area contributed by atoms with Crippen LogP contribution in [0.2, 0.25) is 0 Å². The largest absolute Gasteiger partial charge is 0.375 e. The van der Waals surface area contributed by atoms with Crippen LogP contribution in [0.15, 0.2) is 0 Å². The standard InChI is InChI=1S/C15H26N2O2/c1-3-12-9-19-10(2)8-17(12)15(18)14-13-6-4-5-11(13)7-16-14/h10-14,16H,3-9H2,1-2H3. The molecule has 0 aromatic heterocycles. The minimum absolute atomic E-state index is 0.0758. The third kappa shape index (κ3) is 2.40. The van der Waals surface area contributed by atoms with E-state index in [1.807, 2.05) is 0 Å². The normalized spacial score (nSPS) is 42.4. The highest BCUT2D eigenvalue weighted by atomic mass is 16.5. The first-order valence-corrected chi connectivity index (χ1v) is 7.86. The maximum atomic E-state index is 12.9. The minimum Gasteiger partial charge on any atom is -0.375 e. The summed E-state index contributed by atoms with van der Waals surface area (Å²) in [4.78, 5) is 15.0. The van der Waals surface area contributed by atoms with Gasteiger partial charge in [-0.05, 0) is 44.6 Å². The van der Waals surface area contributed by atoms with Crippen molar-refractivity contribution >= 4 is 5.91 Å². The summed E-state index contributed by atoms with van der Waals surface area (Å²) in [6.45, 7) is 6.70. The predicted octanol–water partition coefficient (Wildman–Crippen LogP) is 1.40. The van der Waals surface area contributed by atoms with Gasteiger partial charge in [-0.15, -0.1) is 0 Å². The predicted molar refractivity (Wildman–Crippen MR) is 73.8 cm³/mol. The zero-order valence-electron chi connectivity index (χ0n) is 12.1. The molecule has 1 saturated carbocycles. The molecule has 3 rings (SSSR count). The molecule has 0 aromatic rings. The molecule has 1 amide bonds. The van der Waals surface area contributed by atoms with Gasteiger partial charge in [-0.3, -0.25) is 4.79 Å². The monoisotopic (exact) mass is 266 g/mol.